The summed E-state index contributed by atoms with van der Waals surface area (Å²) in [6.07, 6.45) is 4.27. The summed E-state index contributed by atoms with van der Waals surface area (Å²) in [5, 5.41) is 15.2. The minimum atomic E-state index is -1.67. The van der Waals surface area contributed by atoms with E-state index in [2.05, 4.69) is 34.3 Å². The van der Waals surface area contributed by atoms with Crippen LogP contribution in [0.2, 0.25) is 0 Å². The molecule has 9 heteroatoms. The summed E-state index contributed by atoms with van der Waals surface area (Å²) >= 11 is 1.43. The largest absolute Gasteiger partial charge is 0.382 e. The first-order valence-electron chi connectivity index (χ1n) is 11.4. The van der Waals surface area contributed by atoms with Crippen LogP contribution in [0.3, 0.4) is 0 Å². The zero-order chi connectivity index (χ0) is 25.0. The van der Waals surface area contributed by atoms with Crippen molar-refractivity contribution in [3.05, 3.63) is 89.5 Å². The molecule has 2 heterocycles. The fourth-order valence-electron chi connectivity index (χ4n) is 4.03. The zero-order valence-corrected chi connectivity index (χ0v) is 20.7. The molecule has 2 aromatic carbocycles. The lowest BCUT2D eigenvalue weighted by Gasteiger charge is -2.37. The van der Waals surface area contributed by atoms with Gasteiger partial charge in [0.05, 0.1) is 25.0 Å². The molecule has 186 valence electrons. The van der Waals surface area contributed by atoms with Gasteiger partial charge < -0.3 is 14.6 Å². The Morgan fingerprint density at radius 1 is 1.23 bits per heavy atom. The molecule has 1 aliphatic heterocycles. The molecule has 0 amide bonds. The van der Waals surface area contributed by atoms with Crippen LogP contribution in [0.25, 0.3) is 5.57 Å². The number of benzene rings is 2. The fourth-order valence-corrected chi connectivity index (χ4v) is 5.35. The maximum Gasteiger partial charge on any atom is 0.177 e. The molecule has 0 bridgehead atoms. The lowest BCUT2D eigenvalue weighted by atomic mass is 9.90. The molecule has 35 heavy (non-hydrogen) atoms. The number of rotatable bonds is 8. The van der Waals surface area contributed by atoms with E-state index in [1.54, 1.807) is 6.92 Å². The van der Waals surface area contributed by atoms with Crippen molar-refractivity contribution in [2.75, 3.05) is 13.2 Å². The Morgan fingerprint density at radius 3 is 2.57 bits per heavy atom. The molecule has 6 nitrogen and oxygen atoms in total. The standard InChI is InChI=1S/C26H29F2N3O3S/c1-17-4-6-20(7-5-17)18(2)10-25-33-12-22(13-34-25)35-19(3)26(32,14-31-16-29-15-30-31)23-9-8-21(27)11-24(23)28/h4-11,15-16,19,22,25,32H,12-14H2,1-3H3/b18-10+/t19-,22?,25?,26?/m1/s1. The van der Waals surface area contributed by atoms with Crippen molar-refractivity contribution in [2.45, 2.75) is 49.7 Å². The van der Waals surface area contributed by atoms with Gasteiger partial charge in [-0.2, -0.15) is 5.10 Å². The normalized spacial score (nSPS) is 21.5. The Morgan fingerprint density at radius 2 is 1.94 bits per heavy atom. The molecule has 1 unspecified atom stereocenters. The molecule has 1 fully saturated rings. The van der Waals surface area contributed by atoms with Crippen LogP contribution in [0.4, 0.5) is 8.78 Å². The van der Waals surface area contributed by atoms with Crippen LogP contribution in [-0.4, -0.2) is 49.9 Å². The van der Waals surface area contributed by atoms with Gasteiger partial charge >= 0.3 is 0 Å². The fraction of sp³-hybridized carbons (Fsp3) is 0.385. The van der Waals surface area contributed by atoms with E-state index < -0.39 is 28.8 Å². The number of ether oxygens (including phenoxy) is 2. The number of allylic oxidation sites excluding steroid dienone is 1. The van der Waals surface area contributed by atoms with Gasteiger partial charge in [-0.05, 0) is 37.1 Å². The van der Waals surface area contributed by atoms with Gasteiger partial charge in [0.1, 0.15) is 29.9 Å². The third-order valence-corrected chi connectivity index (χ3v) is 7.58. The molecule has 1 saturated heterocycles. The summed E-state index contributed by atoms with van der Waals surface area (Å²) < 4.78 is 41.6. The minimum absolute atomic E-state index is 0.00146. The minimum Gasteiger partial charge on any atom is -0.382 e. The predicted octanol–water partition coefficient (Wildman–Crippen LogP) is 4.72. The van der Waals surface area contributed by atoms with Gasteiger partial charge in [0, 0.05) is 16.9 Å². The predicted molar refractivity (Wildman–Crippen MR) is 132 cm³/mol. The average Bonchev–Trinajstić information content (AvgIpc) is 3.33. The van der Waals surface area contributed by atoms with Crippen molar-refractivity contribution >= 4 is 17.3 Å². The van der Waals surface area contributed by atoms with Gasteiger partial charge in [0.25, 0.3) is 0 Å². The van der Waals surface area contributed by atoms with E-state index in [1.807, 2.05) is 19.9 Å². The quantitative estimate of drug-likeness (QED) is 0.482. The Kier molecular flexibility index (Phi) is 8.01. The van der Waals surface area contributed by atoms with Gasteiger partial charge in [-0.3, -0.25) is 0 Å². The second-order valence-electron chi connectivity index (χ2n) is 8.79. The van der Waals surface area contributed by atoms with E-state index in [4.69, 9.17) is 9.47 Å². The van der Waals surface area contributed by atoms with Crippen molar-refractivity contribution in [2.24, 2.45) is 0 Å². The number of nitrogens with zero attached hydrogens (tertiary/aromatic N) is 3. The number of halogens is 2. The first-order valence-corrected chi connectivity index (χ1v) is 12.3. The summed E-state index contributed by atoms with van der Waals surface area (Å²) in [5.41, 5.74) is 1.69. The van der Waals surface area contributed by atoms with Gasteiger partial charge in [-0.1, -0.05) is 42.8 Å². The van der Waals surface area contributed by atoms with Gasteiger partial charge in [0.15, 0.2) is 6.29 Å². The van der Waals surface area contributed by atoms with E-state index in [0.29, 0.717) is 13.2 Å². The van der Waals surface area contributed by atoms with E-state index in [1.165, 1.54) is 40.7 Å². The number of hydrogen-bond donors (Lipinski definition) is 1. The van der Waals surface area contributed by atoms with Crippen molar-refractivity contribution in [3.8, 4) is 0 Å². The highest BCUT2D eigenvalue weighted by Crippen LogP contribution is 2.38. The van der Waals surface area contributed by atoms with Crippen LogP contribution in [0.1, 0.15) is 30.5 Å². The van der Waals surface area contributed by atoms with Gasteiger partial charge in [-0.25, -0.2) is 18.4 Å². The molecule has 1 aromatic heterocycles. The third kappa shape index (κ3) is 6.16. The van der Waals surface area contributed by atoms with Crippen LogP contribution in [-0.2, 0) is 21.6 Å². The van der Waals surface area contributed by atoms with Crippen molar-refractivity contribution in [3.63, 3.8) is 0 Å². The third-order valence-electron chi connectivity index (χ3n) is 6.12. The molecule has 2 atom stereocenters. The number of aromatic nitrogens is 3. The molecule has 4 rings (SSSR count). The molecule has 0 radical (unpaired) electrons. The lowest BCUT2D eigenvalue weighted by molar-refractivity contribution is -0.146. The Bertz CT molecular complexity index is 1150. The molecular weight excluding hydrogens is 472 g/mol. The molecule has 0 spiro atoms. The van der Waals surface area contributed by atoms with Crippen molar-refractivity contribution in [1.82, 2.24) is 14.8 Å². The Hall–Kier alpha value is -2.59. The monoisotopic (exact) mass is 501 g/mol. The smallest absolute Gasteiger partial charge is 0.177 e. The highest BCUT2D eigenvalue weighted by Gasteiger charge is 2.41. The van der Waals surface area contributed by atoms with Crippen LogP contribution in [0.5, 0.6) is 0 Å². The van der Waals surface area contributed by atoms with Gasteiger partial charge in [-0.15, -0.1) is 11.8 Å². The first-order chi connectivity index (χ1) is 16.7. The first kappa shape index (κ1) is 25.5. The maximum absolute atomic E-state index is 14.7. The Balaban J connectivity index is 1.43. The summed E-state index contributed by atoms with van der Waals surface area (Å²) in [5.74, 6) is -1.52. The summed E-state index contributed by atoms with van der Waals surface area (Å²) in [4.78, 5) is 3.90. The van der Waals surface area contributed by atoms with Gasteiger partial charge in [0.2, 0.25) is 0 Å². The zero-order valence-electron chi connectivity index (χ0n) is 19.9. The second kappa shape index (κ2) is 11.0. The SMILES string of the molecule is C/C(=C\C1OCC(S[C@H](C)C(O)(Cn2cncn2)c2ccc(F)cc2F)CO1)c1ccc(C)cc1. The lowest BCUT2D eigenvalue weighted by Crippen LogP contribution is -2.43. The summed E-state index contributed by atoms with van der Waals surface area (Å²) in [6.45, 7) is 6.64. The highest BCUT2D eigenvalue weighted by molar-refractivity contribution is 8.00. The second-order valence-corrected chi connectivity index (χ2v) is 10.4. The molecule has 0 aliphatic carbocycles. The van der Waals surface area contributed by atoms with E-state index in [-0.39, 0.29) is 17.4 Å². The molecule has 1 aliphatic rings. The van der Waals surface area contributed by atoms with E-state index in [9.17, 15) is 13.9 Å². The van der Waals surface area contributed by atoms with Crippen molar-refractivity contribution < 1.29 is 23.4 Å². The van der Waals surface area contributed by atoms with Crippen LogP contribution < -0.4 is 0 Å². The number of thioether (sulfide) groups is 1. The summed E-state index contributed by atoms with van der Waals surface area (Å²) in [7, 11) is 0. The van der Waals surface area contributed by atoms with Crippen LogP contribution in [0, 0.1) is 18.6 Å². The number of aryl methyl sites for hydroxylation is 1. The van der Waals surface area contributed by atoms with Crippen LogP contribution >= 0.6 is 11.8 Å². The Labute approximate surface area is 208 Å². The van der Waals surface area contributed by atoms with Crippen LogP contribution in [0.15, 0.2) is 61.2 Å². The maximum atomic E-state index is 14.7. The molecular formula is C26H29F2N3O3S. The molecule has 0 saturated carbocycles. The van der Waals surface area contributed by atoms with Crippen molar-refractivity contribution in [1.29, 1.82) is 0 Å². The van der Waals surface area contributed by atoms with E-state index in [0.717, 1.165) is 23.3 Å². The van der Waals surface area contributed by atoms with E-state index >= 15 is 0 Å². The highest BCUT2D eigenvalue weighted by atomic mass is 32.2. The topological polar surface area (TPSA) is 69.4 Å². The molecule has 3 aromatic rings. The number of hydrogen-bond acceptors (Lipinski definition) is 6. The number of aliphatic hydroxyl groups is 1. The molecule has 1 N–H and O–H groups in total. The average molecular weight is 502 g/mol. The summed E-state index contributed by atoms with van der Waals surface area (Å²) in [6, 6.07) is 11.5.